The predicted octanol–water partition coefficient (Wildman–Crippen LogP) is 6.70. The summed E-state index contributed by atoms with van der Waals surface area (Å²) in [4.78, 5) is 9.64. The highest BCUT2D eigenvalue weighted by atomic mass is 14.8. The van der Waals surface area contributed by atoms with E-state index in [1.165, 1.54) is 63.5 Å². The topological polar surface area (TPSA) is 25.2 Å². The van der Waals surface area contributed by atoms with Crippen molar-refractivity contribution in [3.63, 3.8) is 0 Å². The minimum atomic E-state index is 0.362. The first kappa shape index (κ1) is 18.8. The van der Waals surface area contributed by atoms with Crippen molar-refractivity contribution < 1.29 is 0 Å². The molecule has 5 rings (SSSR count). The van der Waals surface area contributed by atoms with E-state index in [0.717, 1.165) is 41.8 Å². The second-order valence-corrected chi connectivity index (χ2v) is 11.1. The molecule has 1 heterocycles. The molecule has 7 atom stereocenters. The van der Waals surface area contributed by atoms with Crippen LogP contribution in [-0.4, -0.2) is 10.7 Å². The summed E-state index contributed by atoms with van der Waals surface area (Å²) in [6, 6.07) is 6.19. The minimum Gasteiger partial charge on any atom is -0.287 e. The van der Waals surface area contributed by atoms with Crippen molar-refractivity contribution in [3.8, 4) is 0 Å². The van der Waals surface area contributed by atoms with Gasteiger partial charge in [-0.1, -0.05) is 33.3 Å². The van der Waals surface area contributed by atoms with Crippen molar-refractivity contribution in [2.75, 3.05) is 0 Å². The number of hydrogen-bond donors (Lipinski definition) is 0. The number of aromatic nitrogens is 1. The van der Waals surface area contributed by atoms with Crippen LogP contribution in [0.3, 0.4) is 0 Å². The van der Waals surface area contributed by atoms with Crippen molar-refractivity contribution in [2.45, 2.75) is 85.1 Å². The highest BCUT2D eigenvalue weighted by Crippen LogP contribution is 2.66. The first-order valence-electron chi connectivity index (χ1n) is 11.9. The van der Waals surface area contributed by atoms with Gasteiger partial charge >= 0.3 is 0 Å². The van der Waals surface area contributed by atoms with Crippen LogP contribution in [0.2, 0.25) is 0 Å². The average molecular weight is 379 g/mol. The first-order valence-corrected chi connectivity index (χ1v) is 11.9. The molecule has 0 aliphatic heterocycles. The molecule has 2 nitrogen and oxygen atoms in total. The van der Waals surface area contributed by atoms with Gasteiger partial charge in [0.1, 0.15) is 0 Å². The van der Waals surface area contributed by atoms with E-state index >= 15 is 0 Å². The Bertz CT molecular complexity index is 740. The molecule has 4 aliphatic rings. The Kier molecular flexibility index (Phi) is 4.68. The molecule has 7 unspecified atom stereocenters. The lowest BCUT2D eigenvalue weighted by Crippen LogP contribution is -2.53. The SMILES string of the molecule is CC1CCC2(C)C(CCC3C4CCC(=NCc5ccccn5)C4(C)CCC32)C1. The van der Waals surface area contributed by atoms with Crippen LogP contribution in [0.15, 0.2) is 29.4 Å². The summed E-state index contributed by atoms with van der Waals surface area (Å²) in [6.45, 7) is 8.51. The van der Waals surface area contributed by atoms with E-state index in [0.29, 0.717) is 10.8 Å². The van der Waals surface area contributed by atoms with E-state index in [9.17, 15) is 0 Å². The monoisotopic (exact) mass is 378 g/mol. The zero-order valence-electron chi connectivity index (χ0n) is 18.2. The average Bonchev–Trinajstić information content (AvgIpc) is 3.04. The van der Waals surface area contributed by atoms with Gasteiger partial charge in [-0.3, -0.25) is 9.98 Å². The molecule has 4 aliphatic carbocycles. The molecule has 0 aromatic carbocycles. The standard InChI is InChI=1S/C26H38N2/c1-18-11-13-25(2)19(16-18)7-8-21-22-9-10-24(26(22,3)14-12-23(21)25)28-17-20-6-4-5-15-27-20/h4-6,15,18-19,21-23H,7-14,16-17H2,1-3H3. The van der Waals surface area contributed by atoms with Gasteiger partial charge in [0.05, 0.1) is 12.2 Å². The molecular formula is C26H38N2. The zero-order chi connectivity index (χ0) is 19.4. The van der Waals surface area contributed by atoms with Crippen LogP contribution in [-0.2, 0) is 6.54 Å². The third kappa shape index (κ3) is 2.89. The highest BCUT2D eigenvalue weighted by molar-refractivity contribution is 5.92. The molecule has 4 fully saturated rings. The van der Waals surface area contributed by atoms with Crippen molar-refractivity contribution in [3.05, 3.63) is 30.1 Å². The fraction of sp³-hybridized carbons (Fsp3) is 0.769. The van der Waals surface area contributed by atoms with E-state index in [2.05, 4.69) is 37.9 Å². The molecule has 0 N–H and O–H groups in total. The Morgan fingerprint density at radius 2 is 1.93 bits per heavy atom. The van der Waals surface area contributed by atoms with E-state index in [4.69, 9.17) is 4.99 Å². The number of rotatable bonds is 2. The van der Waals surface area contributed by atoms with Crippen LogP contribution in [0.25, 0.3) is 0 Å². The summed E-state index contributed by atoms with van der Waals surface area (Å²) < 4.78 is 0. The molecule has 4 saturated carbocycles. The zero-order valence-corrected chi connectivity index (χ0v) is 18.2. The summed E-state index contributed by atoms with van der Waals surface area (Å²) in [7, 11) is 0. The number of fused-ring (bicyclic) bond motifs is 5. The van der Waals surface area contributed by atoms with Gasteiger partial charge < -0.3 is 0 Å². The number of pyridine rings is 1. The number of hydrogen-bond acceptors (Lipinski definition) is 2. The van der Waals surface area contributed by atoms with Crippen molar-refractivity contribution in [2.24, 2.45) is 45.4 Å². The molecule has 28 heavy (non-hydrogen) atoms. The van der Waals surface area contributed by atoms with E-state index in [-0.39, 0.29) is 0 Å². The Labute approximate surface area is 171 Å². The lowest BCUT2D eigenvalue weighted by atomic mass is 9.45. The van der Waals surface area contributed by atoms with Crippen molar-refractivity contribution in [1.29, 1.82) is 0 Å². The molecular weight excluding hydrogens is 340 g/mol. The lowest BCUT2D eigenvalue weighted by Gasteiger charge is -2.60. The third-order valence-corrected chi connectivity index (χ3v) is 9.83. The lowest BCUT2D eigenvalue weighted by molar-refractivity contribution is -0.101. The van der Waals surface area contributed by atoms with Crippen molar-refractivity contribution >= 4 is 5.71 Å². The van der Waals surface area contributed by atoms with Gasteiger partial charge in [0.15, 0.2) is 0 Å². The molecule has 152 valence electrons. The summed E-state index contributed by atoms with van der Waals surface area (Å²) in [5, 5.41) is 0. The fourth-order valence-electron chi connectivity index (χ4n) is 8.19. The fourth-order valence-corrected chi connectivity index (χ4v) is 8.19. The molecule has 0 bridgehead atoms. The summed E-state index contributed by atoms with van der Waals surface area (Å²) in [5.74, 6) is 4.77. The summed E-state index contributed by atoms with van der Waals surface area (Å²) in [5.41, 5.74) is 3.62. The molecule has 0 saturated heterocycles. The Morgan fingerprint density at radius 3 is 2.75 bits per heavy atom. The molecule has 1 aromatic heterocycles. The Balaban J connectivity index is 1.37. The van der Waals surface area contributed by atoms with Crippen LogP contribution >= 0.6 is 0 Å². The maximum Gasteiger partial charge on any atom is 0.0811 e. The van der Waals surface area contributed by atoms with E-state index in [1.807, 2.05) is 12.3 Å². The Hall–Kier alpha value is -1.18. The van der Waals surface area contributed by atoms with Crippen LogP contribution < -0.4 is 0 Å². The third-order valence-electron chi connectivity index (χ3n) is 9.83. The van der Waals surface area contributed by atoms with E-state index < -0.39 is 0 Å². The van der Waals surface area contributed by atoms with Gasteiger partial charge in [-0.2, -0.15) is 0 Å². The number of nitrogens with zero attached hydrogens (tertiary/aromatic N) is 2. The minimum absolute atomic E-state index is 0.362. The van der Waals surface area contributed by atoms with Gasteiger partial charge in [-0.15, -0.1) is 0 Å². The number of aliphatic imine (C=N–C) groups is 1. The quantitative estimate of drug-likeness (QED) is 0.562. The van der Waals surface area contributed by atoms with Gasteiger partial charge in [0.2, 0.25) is 0 Å². The summed E-state index contributed by atoms with van der Waals surface area (Å²) >= 11 is 0. The van der Waals surface area contributed by atoms with Crippen LogP contribution in [0.1, 0.15) is 84.3 Å². The first-order chi connectivity index (χ1) is 13.5. The molecule has 0 spiro atoms. The maximum absolute atomic E-state index is 5.15. The Morgan fingerprint density at radius 1 is 1.04 bits per heavy atom. The molecule has 1 aromatic rings. The van der Waals surface area contributed by atoms with Crippen LogP contribution in [0.4, 0.5) is 0 Å². The second-order valence-electron chi connectivity index (χ2n) is 11.1. The molecule has 2 heteroatoms. The van der Waals surface area contributed by atoms with Crippen molar-refractivity contribution in [1.82, 2.24) is 4.98 Å². The van der Waals surface area contributed by atoms with Crippen LogP contribution in [0, 0.1) is 40.4 Å². The summed E-state index contributed by atoms with van der Waals surface area (Å²) in [6.07, 6.45) is 14.8. The van der Waals surface area contributed by atoms with Gasteiger partial charge in [-0.25, -0.2) is 0 Å². The molecule has 0 amide bonds. The second kappa shape index (κ2) is 6.96. The van der Waals surface area contributed by atoms with Gasteiger partial charge in [0.25, 0.3) is 0 Å². The smallest absolute Gasteiger partial charge is 0.0811 e. The predicted molar refractivity (Wildman–Crippen MR) is 116 cm³/mol. The molecule has 0 radical (unpaired) electrons. The highest BCUT2D eigenvalue weighted by Gasteiger charge is 2.59. The maximum atomic E-state index is 5.15. The van der Waals surface area contributed by atoms with Crippen LogP contribution in [0.5, 0.6) is 0 Å². The van der Waals surface area contributed by atoms with Gasteiger partial charge in [-0.05, 0) is 98.5 Å². The van der Waals surface area contributed by atoms with E-state index in [1.54, 1.807) is 0 Å². The normalized spacial score (nSPS) is 46.7. The van der Waals surface area contributed by atoms with Gasteiger partial charge in [0, 0.05) is 17.3 Å². The largest absolute Gasteiger partial charge is 0.287 e.